The van der Waals surface area contributed by atoms with Gasteiger partial charge in [-0.25, -0.2) is 4.98 Å². The Morgan fingerprint density at radius 3 is 2.72 bits per heavy atom. The van der Waals surface area contributed by atoms with E-state index in [0.717, 1.165) is 24.2 Å². The molecule has 29 heavy (non-hydrogen) atoms. The number of nitrogens with one attached hydrogen (secondary N) is 1. The van der Waals surface area contributed by atoms with E-state index in [1.165, 1.54) is 17.1 Å². The van der Waals surface area contributed by atoms with Gasteiger partial charge in [0.2, 0.25) is 11.8 Å². The van der Waals surface area contributed by atoms with Crippen molar-refractivity contribution in [2.45, 2.75) is 32.4 Å². The molecule has 9 nitrogen and oxygen atoms in total. The minimum atomic E-state index is -0.206. The highest BCUT2D eigenvalue weighted by atomic mass is 16.2. The van der Waals surface area contributed by atoms with Gasteiger partial charge < -0.3 is 10.2 Å². The predicted octanol–water partition coefficient (Wildman–Crippen LogP) is 0.963. The third-order valence-corrected chi connectivity index (χ3v) is 5.11. The van der Waals surface area contributed by atoms with Crippen LogP contribution in [-0.4, -0.2) is 37.7 Å². The number of carbonyl (C=O) groups is 2. The topological polar surface area (TPSA) is 102 Å². The number of nitrogens with zero attached hydrogens (tertiary/aromatic N) is 5. The van der Waals surface area contributed by atoms with Crippen LogP contribution >= 0.6 is 0 Å². The third kappa shape index (κ3) is 3.89. The fourth-order valence-corrected chi connectivity index (χ4v) is 3.45. The lowest BCUT2D eigenvalue weighted by Gasteiger charge is -2.16. The Morgan fingerprint density at radius 2 is 2.00 bits per heavy atom. The molecule has 1 N–H and O–H groups in total. The van der Waals surface area contributed by atoms with Crippen molar-refractivity contribution in [3.8, 4) is 0 Å². The molecule has 1 aliphatic heterocycles. The van der Waals surface area contributed by atoms with E-state index in [9.17, 15) is 14.4 Å². The van der Waals surface area contributed by atoms with Crippen molar-refractivity contribution in [2.75, 3.05) is 11.4 Å². The van der Waals surface area contributed by atoms with Crippen molar-refractivity contribution < 1.29 is 9.59 Å². The van der Waals surface area contributed by atoms with Gasteiger partial charge in [-0.1, -0.05) is 12.1 Å². The van der Waals surface area contributed by atoms with Gasteiger partial charge >= 0.3 is 0 Å². The molecule has 0 aliphatic carbocycles. The van der Waals surface area contributed by atoms with Crippen molar-refractivity contribution in [1.82, 2.24) is 24.6 Å². The summed E-state index contributed by atoms with van der Waals surface area (Å²) in [6.45, 7) is 1.40. The monoisotopic (exact) mass is 394 g/mol. The minimum absolute atomic E-state index is 0.151. The molecule has 1 aromatic carbocycles. The number of hydrogen-bond donors (Lipinski definition) is 1. The van der Waals surface area contributed by atoms with Crippen LogP contribution in [0.2, 0.25) is 0 Å². The first-order chi connectivity index (χ1) is 14.0. The first-order valence-corrected chi connectivity index (χ1v) is 9.56. The number of anilines is 1. The van der Waals surface area contributed by atoms with Gasteiger partial charge in [0.05, 0.1) is 12.5 Å². The molecule has 0 radical (unpaired) electrons. The van der Waals surface area contributed by atoms with Crippen LogP contribution in [-0.2, 0) is 29.7 Å². The van der Waals surface area contributed by atoms with Crippen molar-refractivity contribution in [2.24, 2.45) is 7.05 Å². The van der Waals surface area contributed by atoms with Crippen molar-refractivity contribution in [3.05, 3.63) is 52.7 Å². The van der Waals surface area contributed by atoms with Crippen LogP contribution < -0.4 is 15.8 Å². The minimum Gasteiger partial charge on any atom is -0.352 e. The van der Waals surface area contributed by atoms with Gasteiger partial charge in [-0.15, -0.1) is 0 Å². The summed E-state index contributed by atoms with van der Waals surface area (Å²) in [7, 11) is 1.72. The van der Waals surface area contributed by atoms with Gasteiger partial charge in [0.15, 0.2) is 5.65 Å². The second-order valence-corrected chi connectivity index (χ2v) is 7.09. The zero-order valence-electron chi connectivity index (χ0n) is 16.2. The Bertz CT molecular complexity index is 1120. The lowest BCUT2D eigenvalue weighted by molar-refractivity contribution is -0.121. The molecule has 2 amide bonds. The molecule has 3 heterocycles. The summed E-state index contributed by atoms with van der Waals surface area (Å²) in [5, 5.41) is 7.32. The number of hydrogen-bond acceptors (Lipinski definition) is 5. The van der Waals surface area contributed by atoms with E-state index in [-0.39, 0.29) is 30.3 Å². The molecule has 0 saturated carbocycles. The van der Waals surface area contributed by atoms with E-state index in [1.807, 2.05) is 24.3 Å². The van der Waals surface area contributed by atoms with E-state index in [0.29, 0.717) is 24.0 Å². The smallest absolute Gasteiger partial charge is 0.264 e. The quantitative estimate of drug-likeness (QED) is 0.671. The molecule has 150 valence electrons. The van der Waals surface area contributed by atoms with Crippen LogP contribution in [0.15, 0.2) is 41.6 Å². The maximum atomic E-state index is 12.4. The summed E-state index contributed by atoms with van der Waals surface area (Å²) in [5.74, 6) is 0.00207. The molecule has 0 bridgehead atoms. The summed E-state index contributed by atoms with van der Waals surface area (Å²) in [6.07, 6.45) is 4.60. The van der Waals surface area contributed by atoms with Crippen LogP contribution in [0, 0.1) is 0 Å². The molecule has 0 atom stereocenters. The van der Waals surface area contributed by atoms with E-state index >= 15 is 0 Å². The highest BCUT2D eigenvalue weighted by molar-refractivity contribution is 5.95. The number of aromatic nitrogens is 4. The van der Waals surface area contributed by atoms with Gasteiger partial charge in [0, 0.05) is 45.2 Å². The predicted molar refractivity (Wildman–Crippen MR) is 107 cm³/mol. The number of rotatable bonds is 6. The molecule has 1 saturated heterocycles. The maximum Gasteiger partial charge on any atom is 0.264 e. The molecular formula is C20H22N6O3. The zero-order chi connectivity index (χ0) is 20.4. The second-order valence-electron chi connectivity index (χ2n) is 7.09. The number of aryl methyl sites for hydroxylation is 2. The first kappa shape index (κ1) is 18.9. The van der Waals surface area contributed by atoms with Gasteiger partial charge in [-0.3, -0.25) is 23.6 Å². The van der Waals surface area contributed by atoms with Gasteiger partial charge in [0.1, 0.15) is 5.39 Å². The Balaban J connectivity index is 1.31. The maximum absolute atomic E-state index is 12.4. The van der Waals surface area contributed by atoms with Gasteiger partial charge in [0.25, 0.3) is 5.56 Å². The molecule has 3 aromatic rings. The summed E-state index contributed by atoms with van der Waals surface area (Å²) < 4.78 is 2.96. The highest BCUT2D eigenvalue weighted by Gasteiger charge is 2.21. The van der Waals surface area contributed by atoms with Crippen molar-refractivity contribution >= 4 is 28.5 Å². The lowest BCUT2D eigenvalue weighted by Crippen LogP contribution is -2.27. The molecule has 1 aliphatic rings. The highest BCUT2D eigenvalue weighted by Crippen LogP contribution is 2.21. The van der Waals surface area contributed by atoms with Crippen LogP contribution in [0.3, 0.4) is 0 Å². The normalized spacial score (nSPS) is 14.0. The third-order valence-electron chi connectivity index (χ3n) is 5.11. The molecule has 1 fully saturated rings. The molecule has 4 rings (SSSR count). The Labute approximate surface area is 166 Å². The largest absolute Gasteiger partial charge is 0.352 e. The average Bonchev–Trinajstić information content (AvgIpc) is 3.32. The standard InChI is InChI=1S/C20H22N6O3/c1-24-19-16(12-23-24)20(29)25(13-22-19)10-8-17(27)21-11-14-4-6-15(7-5-14)26-9-2-3-18(26)28/h4-7,12-13H,2-3,8-11H2,1H3,(H,21,27). The summed E-state index contributed by atoms with van der Waals surface area (Å²) in [4.78, 5) is 42.4. The summed E-state index contributed by atoms with van der Waals surface area (Å²) in [5.41, 5.74) is 2.15. The Morgan fingerprint density at radius 1 is 1.21 bits per heavy atom. The van der Waals surface area contributed by atoms with Crippen LogP contribution in [0.4, 0.5) is 5.69 Å². The average molecular weight is 394 g/mol. The van der Waals surface area contributed by atoms with Crippen LogP contribution in [0.5, 0.6) is 0 Å². The summed E-state index contributed by atoms with van der Waals surface area (Å²) >= 11 is 0. The molecule has 0 unspecified atom stereocenters. The summed E-state index contributed by atoms with van der Waals surface area (Å²) in [6, 6.07) is 7.62. The second kappa shape index (κ2) is 7.86. The molecular weight excluding hydrogens is 372 g/mol. The number of benzene rings is 1. The molecule has 0 spiro atoms. The van der Waals surface area contributed by atoms with E-state index in [2.05, 4.69) is 15.4 Å². The SMILES string of the molecule is Cn1ncc2c(=O)n(CCC(=O)NCc3ccc(N4CCCC4=O)cc3)cnc21. The number of carbonyl (C=O) groups excluding carboxylic acids is 2. The molecule has 9 heteroatoms. The van der Waals surface area contributed by atoms with Gasteiger partial charge in [-0.05, 0) is 24.1 Å². The van der Waals surface area contributed by atoms with Crippen LogP contribution in [0.1, 0.15) is 24.8 Å². The lowest BCUT2D eigenvalue weighted by atomic mass is 10.2. The molecule has 2 aromatic heterocycles. The van der Waals surface area contributed by atoms with E-state index < -0.39 is 0 Å². The fraction of sp³-hybridized carbons (Fsp3) is 0.350. The van der Waals surface area contributed by atoms with E-state index in [4.69, 9.17) is 0 Å². The Hall–Kier alpha value is -3.49. The first-order valence-electron chi connectivity index (χ1n) is 9.56. The Kier molecular flexibility index (Phi) is 5.11. The zero-order valence-corrected chi connectivity index (χ0v) is 16.2. The van der Waals surface area contributed by atoms with Gasteiger partial charge in [-0.2, -0.15) is 5.10 Å². The fourth-order valence-electron chi connectivity index (χ4n) is 3.45. The van der Waals surface area contributed by atoms with Crippen molar-refractivity contribution in [1.29, 1.82) is 0 Å². The number of fused-ring (bicyclic) bond motifs is 1. The van der Waals surface area contributed by atoms with E-state index in [1.54, 1.807) is 16.6 Å². The van der Waals surface area contributed by atoms with Crippen LogP contribution in [0.25, 0.3) is 11.0 Å². The van der Waals surface area contributed by atoms with Crippen molar-refractivity contribution in [3.63, 3.8) is 0 Å². The number of amides is 2.